The SMILES string of the molecule is CC1CN(c2nc3ccc(N)cc3s2)CC1C. The van der Waals surface area contributed by atoms with Crippen molar-refractivity contribution in [3.05, 3.63) is 18.2 Å². The van der Waals surface area contributed by atoms with E-state index >= 15 is 0 Å². The van der Waals surface area contributed by atoms with Crippen LogP contribution in [0.15, 0.2) is 18.2 Å². The minimum absolute atomic E-state index is 0.757. The van der Waals surface area contributed by atoms with Crippen molar-refractivity contribution in [1.29, 1.82) is 0 Å². The monoisotopic (exact) mass is 247 g/mol. The highest BCUT2D eigenvalue weighted by molar-refractivity contribution is 7.22. The van der Waals surface area contributed by atoms with E-state index in [1.54, 1.807) is 11.3 Å². The largest absolute Gasteiger partial charge is 0.399 e. The van der Waals surface area contributed by atoms with Gasteiger partial charge in [0.1, 0.15) is 0 Å². The van der Waals surface area contributed by atoms with Crippen LogP contribution in [0.25, 0.3) is 10.2 Å². The second-order valence-electron chi connectivity index (χ2n) is 5.08. The minimum Gasteiger partial charge on any atom is -0.399 e. The second kappa shape index (κ2) is 3.88. The predicted molar refractivity (Wildman–Crippen MR) is 74.6 cm³/mol. The van der Waals surface area contributed by atoms with Gasteiger partial charge in [-0.2, -0.15) is 0 Å². The number of nitrogens with zero attached hydrogens (tertiary/aromatic N) is 2. The Balaban J connectivity index is 1.96. The zero-order valence-electron chi connectivity index (χ0n) is 10.2. The van der Waals surface area contributed by atoms with Gasteiger partial charge in [0.15, 0.2) is 5.13 Å². The molecule has 2 unspecified atom stereocenters. The van der Waals surface area contributed by atoms with Crippen molar-refractivity contribution in [3.8, 4) is 0 Å². The Hall–Kier alpha value is -1.29. The van der Waals surface area contributed by atoms with Crippen molar-refractivity contribution in [3.63, 3.8) is 0 Å². The lowest BCUT2D eigenvalue weighted by atomic mass is 10.0. The molecule has 3 nitrogen and oxygen atoms in total. The lowest BCUT2D eigenvalue weighted by Crippen LogP contribution is -2.19. The average Bonchev–Trinajstić information content (AvgIpc) is 2.83. The van der Waals surface area contributed by atoms with E-state index in [0.717, 1.165) is 41.3 Å². The molecule has 0 amide bonds. The van der Waals surface area contributed by atoms with E-state index in [9.17, 15) is 0 Å². The number of nitrogen functional groups attached to an aromatic ring is 1. The molecule has 1 aliphatic heterocycles. The number of fused-ring (bicyclic) bond motifs is 1. The van der Waals surface area contributed by atoms with Gasteiger partial charge in [-0.1, -0.05) is 25.2 Å². The molecular weight excluding hydrogens is 230 g/mol. The molecule has 2 N–H and O–H groups in total. The molecule has 1 aromatic heterocycles. The highest BCUT2D eigenvalue weighted by atomic mass is 32.1. The first-order chi connectivity index (χ1) is 8.13. The van der Waals surface area contributed by atoms with Crippen LogP contribution in [0, 0.1) is 11.8 Å². The van der Waals surface area contributed by atoms with E-state index in [2.05, 4.69) is 18.7 Å². The summed E-state index contributed by atoms with van der Waals surface area (Å²) in [7, 11) is 0. The first kappa shape index (κ1) is 10.8. The third kappa shape index (κ3) is 1.86. The molecule has 1 aliphatic rings. The number of thiazole rings is 1. The molecule has 0 bridgehead atoms. The molecule has 2 aromatic rings. The highest BCUT2D eigenvalue weighted by Gasteiger charge is 2.27. The van der Waals surface area contributed by atoms with Gasteiger partial charge in [-0.3, -0.25) is 0 Å². The summed E-state index contributed by atoms with van der Waals surface area (Å²) in [6.45, 7) is 6.87. The van der Waals surface area contributed by atoms with Crippen LogP contribution in [0.1, 0.15) is 13.8 Å². The Morgan fingerprint density at radius 3 is 2.71 bits per heavy atom. The molecule has 1 fully saturated rings. The Kier molecular flexibility index (Phi) is 2.47. The molecule has 0 aliphatic carbocycles. The predicted octanol–water partition coefficient (Wildman–Crippen LogP) is 2.97. The molecule has 2 heterocycles. The van der Waals surface area contributed by atoms with E-state index in [-0.39, 0.29) is 0 Å². The third-order valence-electron chi connectivity index (χ3n) is 3.66. The quantitative estimate of drug-likeness (QED) is 0.788. The maximum Gasteiger partial charge on any atom is 0.186 e. The molecule has 4 heteroatoms. The van der Waals surface area contributed by atoms with Gasteiger partial charge in [-0.05, 0) is 30.0 Å². The highest BCUT2D eigenvalue weighted by Crippen LogP contribution is 2.34. The van der Waals surface area contributed by atoms with Gasteiger partial charge in [0.2, 0.25) is 0 Å². The molecule has 17 heavy (non-hydrogen) atoms. The first-order valence-electron chi connectivity index (χ1n) is 6.04. The average molecular weight is 247 g/mol. The van der Waals surface area contributed by atoms with Crippen molar-refractivity contribution in [1.82, 2.24) is 4.98 Å². The molecule has 2 atom stereocenters. The zero-order chi connectivity index (χ0) is 12.0. The van der Waals surface area contributed by atoms with Crippen LogP contribution in [0.2, 0.25) is 0 Å². The number of aromatic nitrogens is 1. The summed E-state index contributed by atoms with van der Waals surface area (Å²) >= 11 is 1.75. The van der Waals surface area contributed by atoms with E-state index in [4.69, 9.17) is 10.7 Å². The Bertz CT molecular complexity index is 539. The fourth-order valence-corrected chi connectivity index (χ4v) is 3.38. The molecular formula is C13H17N3S. The second-order valence-corrected chi connectivity index (χ2v) is 6.09. The number of benzene rings is 1. The van der Waals surface area contributed by atoms with Crippen LogP contribution in [-0.4, -0.2) is 18.1 Å². The van der Waals surface area contributed by atoms with Gasteiger partial charge in [0, 0.05) is 18.8 Å². The lowest BCUT2D eigenvalue weighted by molar-refractivity contribution is 0.494. The number of rotatable bonds is 1. The molecule has 0 radical (unpaired) electrons. The fraction of sp³-hybridized carbons (Fsp3) is 0.462. The van der Waals surface area contributed by atoms with E-state index in [1.807, 2.05) is 18.2 Å². The Morgan fingerprint density at radius 1 is 1.29 bits per heavy atom. The van der Waals surface area contributed by atoms with E-state index < -0.39 is 0 Å². The van der Waals surface area contributed by atoms with E-state index in [0.29, 0.717) is 0 Å². The Morgan fingerprint density at radius 2 is 2.00 bits per heavy atom. The maximum atomic E-state index is 5.80. The van der Waals surface area contributed by atoms with Gasteiger partial charge in [-0.25, -0.2) is 4.98 Å². The summed E-state index contributed by atoms with van der Waals surface area (Å²) < 4.78 is 1.19. The molecule has 0 saturated carbocycles. The molecule has 1 aromatic carbocycles. The van der Waals surface area contributed by atoms with Crippen molar-refractivity contribution in [2.24, 2.45) is 11.8 Å². The standard InChI is InChI=1S/C13H17N3S/c1-8-6-16(7-9(8)2)13-15-11-4-3-10(14)5-12(11)17-13/h3-5,8-9H,6-7,14H2,1-2H3. The van der Waals surface area contributed by atoms with Crippen LogP contribution in [0.5, 0.6) is 0 Å². The zero-order valence-corrected chi connectivity index (χ0v) is 11.0. The van der Waals surface area contributed by atoms with Crippen LogP contribution >= 0.6 is 11.3 Å². The number of anilines is 2. The normalized spacial score (nSPS) is 24.7. The fourth-order valence-electron chi connectivity index (χ4n) is 2.35. The van der Waals surface area contributed by atoms with Crippen molar-refractivity contribution in [2.45, 2.75) is 13.8 Å². The van der Waals surface area contributed by atoms with Crippen molar-refractivity contribution < 1.29 is 0 Å². The number of nitrogens with two attached hydrogens (primary N) is 1. The summed E-state index contributed by atoms with van der Waals surface area (Å²) in [5, 5.41) is 1.14. The van der Waals surface area contributed by atoms with Crippen molar-refractivity contribution >= 4 is 32.4 Å². The topological polar surface area (TPSA) is 42.2 Å². The third-order valence-corrected chi connectivity index (χ3v) is 4.74. The van der Waals surface area contributed by atoms with Crippen LogP contribution < -0.4 is 10.6 Å². The smallest absolute Gasteiger partial charge is 0.186 e. The van der Waals surface area contributed by atoms with Crippen LogP contribution in [-0.2, 0) is 0 Å². The number of hydrogen-bond acceptors (Lipinski definition) is 4. The van der Waals surface area contributed by atoms with Gasteiger partial charge in [0.05, 0.1) is 10.2 Å². The molecule has 0 spiro atoms. The van der Waals surface area contributed by atoms with Crippen molar-refractivity contribution in [2.75, 3.05) is 23.7 Å². The van der Waals surface area contributed by atoms with Crippen LogP contribution in [0.4, 0.5) is 10.8 Å². The summed E-state index contributed by atoms with van der Waals surface area (Å²) in [5.41, 5.74) is 7.67. The maximum absolute atomic E-state index is 5.80. The first-order valence-corrected chi connectivity index (χ1v) is 6.86. The Labute approximate surface area is 105 Å². The van der Waals surface area contributed by atoms with Gasteiger partial charge < -0.3 is 10.6 Å². The molecule has 90 valence electrons. The summed E-state index contributed by atoms with van der Waals surface area (Å²) in [4.78, 5) is 7.09. The molecule has 3 rings (SSSR count). The van der Waals surface area contributed by atoms with Gasteiger partial charge >= 0.3 is 0 Å². The van der Waals surface area contributed by atoms with Gasteiger partial charge in [0.25, 0.3) is 0 Å². The summed E-state index contributed by atoms with van der Waals surface area (Å²) in [6.07, 6.45) is 0. The lowest BCUT2D eigenvalue weighted by Gasteiger charge is -2.13. The van der Waals surface area contributed by atoms with E-state index in [1.165, 1.54) is 4.70 Å². The minimum atomic E-state index is 0.757. The summed E-state index contributed by atoms with van der Waals surface area (Å²) in [5.74, 6) is 1.51. The number of hydrogen-bond donors (Lipinski definition) is 1. The van der Waals surface area contributed by atoms with Gasteiger partial charge in [-0.15, -0.1) is 0 Å². The van der Waals surface area contributed by atoms with Crippen LogP contribution in [0.3, 0.4) is 0 Å². The summed E-state index contributed by atoms with van der Waals surface area (Å²) in [6, 6.07) is 5.94. The molecule has 1 saturated heterocycles.